The van der Waals surface area contributed by atoms with Crippen molar-refractivity contribution in [2.45, 2.75) is 13.8 Å². The molecule has 0 radical (unpaired) electrons. The minimum Gasteiger partial charge on any atom is -0.309 e. The van der Waals surface area contributed by atoms with Crippen molar-refractivity contribution in [2.75, 3.05) is 0 Å². The van der Waals surface area contributed by atoms with Crippen molar-refractivity contribution >= 4 is 65.4 Å². The summed E-state index contributed by atoms with van der Waals surface area (Å²) in [5, 5.41) is 7.29. The molecule has 77 heavy (non-hydrogen) atoms. The SMILES string of the molecule is Cc1ccc2c(c1)c1cc(C)ccc1n2-c1c(-c2cccc(-n3c4ccccc4c4ccccc43)c2)cc(-c2nc(-c3ccccc3)nc(-c3ccccc3)n2)cc1-c1cccc(-n2c3ccccc3c3ccccc32)c1. The molecule has 0 bridgehead atoms. The van der Waals surface area contributed by atoms with Gasteiger partial charge in [0.15, 0.2) is 17.5 Å². The fourth-order valence-corrected chi connectivity index (χ4v) is 11.9. The van der Waals surface area contributed by atoms with Gasteiger partial charge in [-0.1, -0.05) is 181 Å². The van der Waals surface area contributed by atoms with Crippen LogP contribution in [0.4, 0.5) is 0 Å². The molecule has 6 nitrogen and oxygen atoms in total. The van der Waals surface area contributed by atoms with Gasteiger partial charge in [0.2, 0.25) is 0 Å². The van der Waals surface area contributed by atoms with E-state index in [9.17, 15) is 0 Å². The van der Waals surface area contributed by atoms with Crippen molar-refractivity contribution in [1.82, 2.24) is 28.7 Å². The Morgan fingerprint density at radius 2 is 0.584 bits per heavy atom. The molecule has 6 heteroatoms. The molecular formula is C71H48N6. The van der Waals surface area contributed by atoms with Crippen LogP contribution in [-0.2, 0) is 0 Å². The van der Waals surface area contributed by atoms with E-state index in [2.05, 4.69) is 246 Å². The second-order valence-corrected chi connectivity index (χ2v) is 20.2. The smallest absolute Gasteiger partial charge is 0.164 e. The second kappa shape index (κ2) is 17.8. The number of hydrogen-bond donors (Lipinski definition) is 0. The Morgan fingerprint density at radius 1 is 0.247 bits per heavy atom. The first-order chi connectivity index (χ1) is 38.0. The fourth-order valence-electron chi connectivity index (χ4n) is 11.9. The first kappa shape index (κ1) is 44.3. The van der Waals surface area contributed by atoms with E-state index in [1.54, 1.807) is 0 Å². The highest BCUT2D eigenvalue weighted by Gasteiger charge is 2.25. The van der Waals surface area contributed by atoms with Crippen molar-refractivity contribution < 1.29 is 0 Å². The van der Waals surface area contributed by atoms with E-state index in [0.717, 1.165) is 89.1 Å². The molecule has 15 rings (SSSR count). The van der Waals surface area contributed by atoms with Crippen molar-refractivity contribution in [1.29, 1.82) is 0 Å². The topological polar surface area (TPSA) is 53.5 Å². The zero-order chi connectivity index (χ0) is 51.1. The summed E-state index contributed by atoms with van der Waals surface area (Å²) in [6.07, 6.45) is 0. The summed E-state index contributed by atoms with van der Waals surface area (Å²) >= 11 is 0. The maximum Gasteiger partial charge on any atom is 0.164 e. The van der Waals surface area contributed by atoms with Crippen LogP contribution in [0.15, 0.2) is 255 Å². The molecule has 15 aromatic rings. The average Bonchev–Trinajstić information content (AvgIpc) is 4.34. The Bertz CT molecular complexity index is 4430. The second-order valence-electron chi connectivity index (χ2n) is 20.2. The van der Waals surface area contributed by atoms with Gasteiger partial charge in [-0.3, -0.25) is 0 Å². The first-order valence-electron chi connectivity index (χ1n) is 26.3. The highest BCUT2D eigenvalue weighted by Crippen LogP contribution is 2.46. The van der Waals surface area contributed by atoms with E-state index in [4.69, 9.17) is 15.0 Å². The third kappa shape index (κ3) is 7.29. The van der Waals surface area contributed by atoms with Crippen molar-refractivity contribution in [3.05, 3.63) is 266 Å². The molecule has 0 aliphatic rings. The van der Waals surface area contributed by atoms with E-state index in [1.165, 1.54) is 43.4 Å². The van der Waals surface area contributed by atoms with Gasteiger partial charge in [0.1, 0.15) is 0 Å². The van der Waals surface area contributed by atoms with Crippen LogP contribution in [0.2, 0.25) is 0 Å². The van der Waals surface area contributed by atoms with Gasteiger partial charge in [0.05, 0.1) is 38.8 Å². The summed E-state index contributed by atoms with van der Waals surface area (Å²) in [7, 11) is 0. The van der Waals surface area contributed by atoms with Gasteiger partial charge in [-0.05, 0) is 110 Å². The molecule has 0 spiro atoms. The monoisotopic (exact) mass is 984 g/mol. The highest BCUT2D eigenvalue weighted by molar-refractivity contribution is 6.13. The van der Waals surface area contributed by atoms with Crippen LogP contribution in [0, 0.1) is 13.8 Å². The number of aryl methyl sites for hydroxylation is 2. The number of aromatic nitrogens is 6. The van der Waals surface area contributed by atoms with Crippen LogP contribution >= 0.6 is 0 Å². The Hall–Kier alpha value is -10.2. The molecule has 0 aliphatic heterocycles. The Balaban J connectivity index is 1.08. The molecule has 0 atom stereocenters. The van der Waals surface area contributed by atoms with Crippen LogP contribution in [-0.4, -0.2) is 28.7 Å². The van der Waals surface area contributed by atoms with Gasteiger partial charge in [-0.15, -0.1) is 0 Å². The first-order valence-corrected chi connectivity index (χ1v) is 26.3. The molecule has 0 saturated heterocycles. The molecule has 0 amide bonds. The molecule has 0 aliphatic carbocycles. The van der Waals surface area contributed by atoms with Gasteiger partial charge < -0.3 is 13.7 Å². The van der Waals surface area contributed by atoms with Crippen LogP contribution in [0.3, 0.4) is 0 Å². The average molecular weight is 985 g/mol. The summed E-state index contributed by atoms with van der Waals surface area (Å²) in [6, 6.07) is 91.9. The molecule has 362 valence electrons. The van der Waals surface area contributed by atoms with Gasteiger partial charge in [0.25, 0.3) is 0 Å². The zero-order valence-electron chi connectivity index (χ0n) is 42.4. The third-order valence-electron chi connectivity index (χ3n) is 15.4. The molecule has 4 heterocycles. The Labute approximate surface area is 445 Å². The number of fused-ring (bicyclic) bond motifs is 9. The van der Waals surface area contributed by atoms with E-state index < -0.39 is 0 Å². The quantitative estimate of drug-likeness (QED) is 0.152. The van der Waals surface area contributed by atoms with Crippen molar-refractivity contribution in [2.24, 2.45) is 0 Å². The van der Waals surface area contributed by atoms with Gasteiger partial charge in [0, 0.05) is 71.5 Å². The fraction of sp³-hybridized carbons (Fsp3) is 0.0282. The van der Waals surface area contributed by atoms with Crippen LogP contribution in [0.5, 0.6) is 0 Å². The predicted molar refractivity (Wildman–Crippen MR) is 319 cm³/mol. The summed E-state index contributed by atoms with van der Waals surface area (Å²) in [5.74, 6) is 1.80. The van der Waals surface area contributed by atoms with E-state index in [-0.39, 0.29) is 0 Å². The minimum absolute atomic E-state index is 0.581. The number of hydrogen-bond acceptors (Lipinski definition) is 3. The molecule has 11 aromatic carbocycles. The van der Waals surface area contributed by atoms with E-state index >= 15 is 0 Å². The number of rotatable bonds is 8. The summed E-state index contributed by atoms with van der Waals surface area (Å²) in [4.78, 5) is 15.9. The van der Waals surface area contributed by atoms with Gasteiger partial charge >= 0.3 is 0 Å². The standard InChI is InChI=1S/C71H48N6/c1-45-35-37-66-60(39-45)61-40-46(2)36-38-67(61)77(66)68-58(49-23-17-25-52(41-49)75-62-31-13-9-27-54(62)55-28-10-14-32-63(55)75)43-51(71-73-69(47-19-5-3-6-20-47)72-70(74-71)48-21-7-4-8-22-48)44-59(68)50-24-18-26-53(42-50)76-64-33-15-11-29-56(64)57-30-12-16-34-65(57)76/h3-44H,1-2H3. The van der Waals surface area contributed by atoms with Crippen LogP contribution < -0.4 is 0 Å². The lowest BCUT2D eigenvalue weighted by Gasteiger charge is -2.22. The van der Waals surface area contributed by atoms with Crippen molar-refractivity contribution in [3.63, 3.8) is 0 Å². The van der Waals surface area contributed by atoms with Gasteiger partial charge in [-0.2, -0.15) is 0 Å². The number of nitrogens with zero attached hydrogens (tertiary/aromatic N) is 6. The maximum atomic E-state index is 5.40. The molecule has 4 aromatic heterocycles. The van der Waals surface area contributed by atoms with Crippen LogP contribution in [0.1, 0.15) is 11.1 Å². The predicted octanol–water partition coefficient (Wildman–Crippen LogP) is 18.1. The summed E-state index contributed by atoms with van der Waals surface area (Å²) in [5.41, 5.74) is 19.4. The van der Waals surface area contributed by atoms with E-state index in [0.29, 0.717) is 17.5 Å². The lowest BCUT2D eigenvalue weighted by atomic mass is 9.92. The molecule has 0 N–H and O–H groups in total. The molecular weight excluding hydrogens is 937 g/mol. The summed E-state index contributed by atoms with van der Waals surface area (Å²) < 4.78 is 7.32. The summed E-state index contributed by atoms with van der Waals surface area (Å²) in [6.45, 7) is 4.37. The number of benzene rings is 11. The molecule has 0 unspecified atom stereocenters. The minimum atomic E-state index is 0.581. The Kier molecular flexibility index (Phi) is 10.2. The lowest BCUT2D eigenvalue weighted by Crippen LogP contribution is -2.05. The third-order valence-corrected chi connectivity index (χ3v) is 15.4. The Morgan fingerprint density at radius 3 is 0.987 bits per heavy atom. The van der Waals surface area contributed by atoms with E-state index in [1.807, 2.05) is 36.4 Å². The van der Waals surface area contributed by atoms with Crippen LogP contribution in [0.25, 0.3) is 139 Å². The highest BCUT2D eigenvalue weighted by atomic mass is 15.0. The molecule has 0 saturated carbocycles. The zero-order valence-corrected chi connectivity index (χ0v) is 42.4. The largest absolute Gasteiger partial charge is 0.309 e. The van der Waals surface area contributed by atoms with Gasteiger partial charge in [-0.25, -0.2) is 15.0 Å². The molecule has 0 fully saturated rings. The maximum absolute atomic E-state index is 5.40. The lowest BCUT2D eigenvalue weighted by molar-refractivity contribution is 1.07. The number of para-hydroxylation sites is 4. The van der Waals surface area contributed by atoms with Crippen molar-refractivity contribution in [3.8, 4) is 73.5 Å². The normalized spacial score (nSPS) is 11.8.